The van der Waals surface area contributed by atoms with Gasteiger partial charge in [0.05, 0.1) is 31.4 Å². The van der Waals surface area contributed by atoms with Crippen molar-refractivity contribution in [2.24, 2.45) is 5.73 Å². The number of nitrogens with two attached hydrogens (primary N) is 1. The first kappa shape index (κ1) is 23.0. The monoisotopic (exact) mass is 431 g/mol. The summed E-state index contributed by atoms with van der Waals surface area (Å²) >= 11 is 0. The zero-order chi connectivity index (χ0) is 23.3. The Bertz CT molecular complexity index is 1150. The van der Waals surface area contributed by atoms with Crippen LogP contribution in [0.25, 0.3) is 11.1 Å². The van der Waals surface area contributed by atoms with Crippen molar-refractivity contribution in [2.45, 2.75) is 39.7 Å². The van der Waals surface area contributed by atoms with E-state index in [9.17, 15) is 4.79 Å². The summed E-state index contributed by atoms with van der Waals surface area (Å²) in [7, 11) is 3.24. The lowest BCUT2D eigenvalue weighted by Crippen LogP contribution is -2.14. The standard InChI is InChI=1S/C26H29N3O3/c1-5-6-21-25(20-10-7-19(16-27)8-11-20)24(26(28)30)17(2)29(21)14-13-18-9-12-22(31-3)23(15-18)32-4/h7-12,15H,5-6,13-14H2,1-4H3,(H2,28,30). The molecular weight excluding hydrogens is 402 g/mol. The smallest absolute Gasteiger partial charge is 0.251 e. The number of hydrogen-bond acceptors (Lipinski definition) is 4. The predicted molar refractivity (Wildman–Crippen MR) is 125 cm³/mol. The molecule has 3 aromatic rings. The second-order valence-corrected chi connectivity index (χ2v) is 7.68. The quantitative estimate of drug-likeness (QED) is 0.534. The van der Waals surface area contributed by atoms with E-state index in [2.05, 4.69) is 17.6 Å². The number of hydrogen-bond donors (Lipinski definition) is 1. The molecule has 0 unspecified atom stereocenters. The van der Waals surface area contributed by atoms with Gasteiger partial charge in [0, 0.05) is 23.5 Å². The van der Waals surface area contributed by atoms with Crippen LogP contribution >= 0.6 is 0 Å². The van der Waals surface area contributed by atoms with Gasteiger partial charge < -0.3 is 19.8 Å². The van der Waals surface area contributed by atoms with E-state index in [1.54, 1.807) is 26.4 Å². The van der Waals surface area contributed by atoms with E-state index in [1.165, 1.54) is 0 Å². The molecule has 2 aromatic carbocycles. The van der Waals surface area contributed by atoms with E-state index in [4.69, 9.17) is 20.5 Å². The number of aryl methyl sites for hydroxylation is 1. The maximum atomic E-state index is 12.5. The third kappa shape index (κ3) is 4.47. The molecule has 0 saturated heterocycles. The molecule has 6 heteroatoms. The minimum Gasteiger partial charge on any atom is -0.493 e. The number of primary amides is 1. The lowest BCUT2D eigenvalue weighted by Gasteiger charge is -2.14. The summed E-state index contributed by atoms with van der Waals surface area (Å²) in [5, 5.41) is 9.13. The van der Waals surface area contributed by atoms with Gasteiger partial charge in [-0.1, -0.05) is 31.5 Å². The van der Waals surface area contributed by atoms with Gasteiger partial charge in [-0.3, -0.25) is 4.79 Å². The number of methoxy groups -OCH3 is 2. The predicted octanol–water partition coefficient (Wildman–Crippen LogP) is 4.65. The Labute approximate surface area is 189 Å². The third-order valence-corrected chi connectivity index (χ3v) is 5.74. The lowest BCUT2D eigenvalue weighted by molar-refractivity contribution is 0.1000. The number of benzene rings is 2. The highest BCUT2D eigenvalue weighted by Crippen LogP contribution is 2.34. The van der Waals surface area contributed by atoms with Crippen LogP contribution in [-0.2, 0) is 19.4 Å². The summed E-state index contributed by atoms with van der Waals surface area (Å²) in [6.45, 7) is 4.77. The first-order chi connectivity index (χ1) is 15.4. The van der Waals surface area contributed by atoms with Gasteiger partial charge in [0.1, 0.15) is 0 Å². The molecule has 2 N–H and O–H groups in total. The molecule has 0 aliphatic carbocycles. The molecule has 0 aliphatic rings. The van der Waals surface area contributed by atoms with E-state index in [-0.39, 0.29) is 0 Å². The van der Waals surface area contributed by atoms with Gasteiger partial charge in [-0.05, 0) is 55.2 Å². The molecule has 0 atom stereocenters. The van der Waals surface area contributed by atoms with Crippen LogP contribution in [0.4, 0.5) is 0 Å². The van der Waals surface area contributed by atoms with Crippen molar-refractivity contribution in [1.29, 1.82) is 5.26 Å². The first-order valence-electron chi connectivity index (χ1n) is 10.7. The molecule has 0 radical (unpaired) electrons. The second-order valence-electron chi connectivity index (χ2n) is 7.68. The fourth-order valence-electron chi connectivity index (χ4n) is 4.20. The normalized spacial score (nSPS) is 10.6. The van der Waals surface area contributed by atoms with Crippen LogP contribution in [0, 0.1) is 18.3 Å². The van der Waals surface area contributed by atoms with E-state index >= 15 is 0 Å². The van der Waals surface area contributed by atoms with Crippen LogP contribution in [0.15, 0.2) is 42.5 Å². The maximum absolute atomic E-state index is 12.5. The van der Waals surface area contributed by atoms with Crippen molar-refractivity contribution in [3.63, 3.8) is 0 Å². The van der Waals surface area contributed by atoms with Crippen LogP contribution in [0.1, 0.15) is 46.2 Å². The third-order valence-electron chi connectivity index (χ3n) is 5.74. The van der Waals surface area contributed by atoms with Crippen molar-refractivity contribution in [3.05, 3.63) is 70.5 Å². The van der Waals surface area contributed by atoms with Gasteiger partial charge in [0.2, 0.25) is 0 Å². The van der Waals surface area contributed by atoms with Gasteiger partial charge in [-0.25, -0.2) is 0 Å². The maximum Gasteiger partial charge on any atom is 0.251 e. The number of ether oxygens (including phenoxy) is 2. The van der Waals surface area contributed by atoms with Crippen LogP contribution in [-0.4, -0.2) is 24.7 Å². The topological polar surface area (TPSA) is 90.3 Å². The molecule has 0 aliphatic heterocycles. The van der Waals surface area contributed by atoms with E-state index in [0.717, 1.165) is 47.3 Å². The number of carbonyl (C=O) groups excluding carboxylic acids is 1. The number of aromatic nitrogens is 1. The van der Waals surface area contributed by atoms with Gasteiger partial charge in [0.15, 0.2) is 11.5 Å². The zero-order valence-corrected chi connectivity index (χ0v) is 19.1. The van der Waals surface area contributed by atoms with Gasteiger partial charge in [-0.15, -0.1) is 0 Å². The fraction of sp³-hybridized carbons (Fsp3) is 0.308. The van der Waals surface area contributed by atoms with Gasteiger partial charge in [-0.2, -0.15) is 5.26 Å². The number of rotatable bonds is 9. The fourth-order valence-corrected chi connectivity index (χ4v) is 4.20. The number of carbonyl (C=O) groups is 1. The van der Waals surface area contributed by atoms with Crippen molar-refractivity contribution in [1.82, 2.24) is 4.57 Å². The molecule has 1 heterocycles. The minimum atomic E-state index is -0.441. The zero-order valence-electron chi connectivity index (χ0n) is 19.1. The Morgan fingerprint density at radius 3 is 2.31 bits per heavy atom. The van der Waals surface area contributed by atoms with Crippen LogP contribution < -0.4 is 15.2 Å². The van der Waals surface area contributed by atoms with E-state index < -0.39 is 5.91 Å². The highest BCUT2D eigenvalue weighted by molar-refractivity contribution is 6.02. The molecule has 3 rings (SSSR count). The van der Waals surface area contributed by atoms with Gasteiger partial charge in [0.25, 0.3) is 5.91 Å². The van der Waals surface area contributed by atoms with Crippen molar-refractivity contribution < 1.29 is 14.3 Å². The van der Waals surface area contributed by atoms with Crippen molar-refractivity contribution >= 4 is 5.91 Å². The average molecular weight is 432 g/mol. The molecule has 32 heavy (non-hydrogen) atoms. The highest BCUT2D eigenvalue weighted by Gasteiger charge is 2.24. The Balaban J connectivity index is 2.05. The summed E-state index contributed by atoms with van der Waals surface area (Å²) in [5.74, 6) is 0.947. The molecule has 166 valence electrons. The van der Waals surface area contributed by atoms with Crippen LogP contribution in [0.2, 0.25) is 0 Å². The van der Waals surface area contributed by atoms with Crippen molar-refractivity contribution in [3.8, 4) is 28.7 Å². The molecule has 1 amide bonds. The Morgan fingerprint density at radius 2 is 1.75 bits per heavy atom. The summed E-state index contributed by atoms with van der Waals surface area (Å²) in [6.07, 6.45) is 2.51. The van der Waals surface area contributed by atoms with Crippen LogP contribution in [0.5, 0.6) is 11.5 Å². The lowest BCUT2D eigenvalue weighted by atomic mass is 9.97. The van der Waals surface area contributed by atoms with E-state index in [1.807, 2.05) is 37.3 Å². The number of amides is 1. The minimum absolute atomic E-state index is 0.441. The SMILES string of the molecule is CCCc1c(-c2ccc(C#N)cc2)c(C(N)=O)c(C)n1CCc1ccc(OC)c(OC)c1. The molecule has 0 bridgehead atoms. The van der Waals surface area contributed by atoms with Crippen LogP contribution in [0.3, 0.4) is 0 Å². The summed E-state index contributed by atoms with van der Waals surface area (Å²) in [4.78, 5) is 12.5. The molecule has 0 fully saturated rings. The first-order valence-corrected chi connectivity index (χ1v) is 10.7. The molecule has 0 spiro atoms. The Morgan fingerprint density at radius 1 is 1.06 bits per heavy atom. The second kappa shape index (κ2) is 10.1. The number of nitrogens with zero attached hydrogens (tertiary/aromatic N) is 2. The largest absolute Gasteiger partial charge is 0.493 e. The summed E-state index contributed by atoms with van der Waals surface area (Å²) in [6, 6.07) is 15.4. The molecule has 0 saturated carbocycles. The van der Waals surface area contributed by atoms with Gasteiger partial charge >= 0.3 is 0 Å². The average Bonchev–Trinajstić information content (AvgIpc) is 3.09. The highest BCUT2D eigenvalue weighted by atomic mass is 16.5. The number of nitriles is 1. The Kier molecular flexibility index (Phi) is 7.21. The summed E-state index contributed by atoms with van der Waals surface area (Å²) < 4.78 is 13.0. The van der Waals surface area contributed by atoms with Crippen molar-refractivity contribution in [2.75, 3.05) is 14.2 Å². The summed E-state index contributed by atoms with van der Waals surface area (Å²) in [5.41, 5.74) is 11.8. The molecular formula is C26H29N3O3. The Hall–Kier alpha value is -3.72. The van der Waals surface area contributed by atoms with E-state index in [0.29, 0.717) is 29.2 Å². The molecule has 6 nitrogen and oxygen atoms in total. The molecule has 1 aromatic heterocycles.